The number of amides is 2. The van der Waals surface area contributed by atoms with Gasteiger partial charge in [0.1, 0.15) is 6.04 Å². The second-order valence-corrected chi connectivity index (χ2v) is 12.7. The van der Waals surface area contributed by atoms with E-state index in [0.717, 1.165) is 42.4 Å². The third kappa shape index (κ3) is 9.06. The van der Waals surface area contributed by atoms with Crippen molar-refractivity contribution in [3.8, 4) is 0 Å². The summed E-state index contributed by atoms with van der Waals surface area (Å²) in [5.41, 5.74) is 2.69. The van der Waals surface area contributed by atoms with Crippen LogP contribution in [-0.2, 0) is 28.3 Å². The number of nitrogens with one attached hydrogen (secondary N) is 1. The number of carbonyl (C=O) groups is 2. The summed E-state index contributed by atoms with van der Waals surface area (Å²) in [5, 5.41) is 5.23. The predicted octanol–water partition coefficient (Wildman–Crippen LogP) is 8.62. The lowest BCUT2D eigenvalue weighted by molar-refractivity contribution is -0.139. The van der Waals surface area contributed by atoms with E-state index in [9.17, 15) is 9.59 Å². The molecule has 212 valence electrons. The maximum Gasteiger partial charge on any atom is 0.243 e. The number of rotatable bonds is 11. The average molecular weight is 638 g/mol. The molecule has 1 aliphatic carbocycles. The van der Waals surface area contributed by atoms with E-state index in [-0.39, 0.29) is 30.2 Å². The number of benzene rings is 3. The van der Waals surface area contributed by atoms with Crippen LogP contribution in [0.5, 0.6) is 0 Å². The molecule has 1 atom stereocenters. The van der Waals surface area contributed by atoms with Crippen LogP contribution in [0.4, 0.5) is 0 Å². The summed E-state index contributed by atoms with van der Waals surface area (Å²) in [6.07, 6.45) is 5.72. The summed E-state index contributed by atoms with van der Waals surface area (Å²) in [6.45, 7) is 0.230. The number of nitrogens with zero attached hydrogens (tertiary/aromatic N) is 1. The van der Waals surface area contributed by atoms with Gasteiger partial charge in [0.2, 0.25) is 11.8 Å². The van der Waals surface area contributed by atoms with Crippen LogP contribution in [0.25, 0.3) is 0 Å². The summed E-state index contributed by atoms with van der Waals surface area (Å²) < 4.78 is 0. The lowest BCUT2D eigenvalue weighted by Gasteiger charge is -2.33. The van der Waals surface area contributed by atoms with Crippen LogP contribution in [0.1, 0.15) is 48.8 Å². The summed E-state index contributed by atoms with van der Waals surface area (Å²) >= 11 is 26.3. The predicted molar refractivity (Wildman–Crippen MR) is 169 cm³/mol. The van der Waals surface area contributed by atoms with Crippen LogP contribution in [0, 0.1) is 0 Å². The van der Waals surface area contributed by atoms with E-state index in [4.69, 9.17) is 46.4 Å². The summed E-state index contributed by atoms with van der Waals surface area (Å²) in [4.78, 5) is 29.4. The molecule has 3 aromatic rings. The van der Waals surface area contributed by atoms with Crippen LogP contribution >= 0.6 is 58.2 Å². The van der Waals surface area contributed by atoms with Crippen LogP contribution in [-0.4, -0.2) is 34.6 Å². The van der Waals surface area contributed by atoms with Crippen molar-refractivity contribution in [2.45, 2.75) is 62.9 Å². The highest BCUT2D eigenvalue weighted by atomic mass is 35.5. The highest BCUT2D eigenvalue weighted by Gasteiger charge is 2.32. The van der Waals surface area contributed by atoms with Gasteiger partial charge in [-0.3, -0.25) is 9.59 Å². The Balaban J connectivity index is 1.58. The molecule has 0 heterocycles. The molecule has 1 saturated carbocycles. The molecule has 0 aromatic heterocycles. The Hall–Kier alpha value is -1.89. The molecule has 9 heteroatoms. The normalized spacial score (nSPS) is 14.5. The molecule has 0 spiro atoms. The third-order valence-corrected chi connectivity index (χ3v) is 9.35. The minimum absolute atomic E-state index is 0.128. The van der Waals surface area contributed by atoms with Gasteiger partial charge >= 0.3 is 0 Å². The van der Waals surface area contributed by atoms with Crippen molar-refractivity contribution in [1.29, 1.82) is 0 Å². The molecule has 2 amide bonds. The van der Waals surface area contributed by atoms with Gasteiger partial charge in [0.25, 0.3) is 0 Å². The fraction of sp³-hybridized carbons (Fsp3) is 0.355. The van der Waals surface area contributed by atoms with E-state index >= 15 is 0 Å². The zero-order valence-corrected chi connectivity index (χ0v) is 25.9. The van der Waals surface area contributed by atoms with Crippen molar-refractivity contribution < 1.29 is 9.59 Å². The topological polar surface area (TPSA) is 49.4 Å². The van der Waals surface area contributed by atoms with Crippen molar-refractivity contribution in [3.63, 3.8) is 0 Å². The lowest BCUT2D eigenvalue weighted by atomic mass is 9.94. The number of halogens is 4. The molecule has 4 rings (SSSR count). The van der Waals surface area contributed by atoms with Gasteiger partial charge in [-0.15, -0.1) is 11.8 Å². The van der Waals surface area contributed by atoms with Crippen LogP contribution < -0.4 is 5.32 Å². The maximum absolute atomic E-state index is 13.9. The Bertz CT molecular complexity index is 1300. The molecule has 1 fully saturated rings. The molecule has 0 radical (unpaired) electrons. The van der Waals surface area contributed by atoms with Crippen molar-refractivity contribution in [2.24, 2.45) is 0 Å². The maximum atomic E-state index is 13.9. The first-order chi connectivity index (χ1) is 19.3. The molecule has 0 saturated heterocycles. The average Bonchev–Trinajstić information content (AvgIpc) is 2.94. The zero-order chi connectivity index (χ0) is 28.5. The number of carbonyl (C=O) groups excluding carboxylic acids is 2. The van der Waals surface area contributed by atoms with E-state index in [0.29, 0.717) is 32.3 Å². The Morgan fingerprint density at radius 2 is 1.60 bits per heavy atom. The molecule has 1 aliphatic rings. The van der Waals surface area contributed by atoms with Crippen molar-refractivity contribution in [2.75, 3.05) is 5.75 Å². The molecule has 3 aromatic carbocycles. The quantitative estimate of drug-likeness (QED) is 0.229. The van der Waals surface area contributed by atoms with Gasteiger partial charge in [-0.25, -0.2) is 0 Å². The molecule has 0 aliphatic heterocycles. The van der Waals surface area contributed by atoms with Gasteiger partial charge in [-0.1, -0.05) is 108 Å². The Labute approximate surface area is 260 Å². The standard InChI is InChI=1S/C31H32Cl4N2O2S/c32-24-13-12-23(27(34)17-24)19-40-20-30(38)37(18-22-11-14-26(33)28(35)15-22)29(16-21-7-3-1-4-8-21)31(39)36-25-9-5-2-6-10-25/h1,3-4,7-8,11-15,17,25,29H,2,5-6,9-10,16,18-20H2,(H,36,39)/t29-/m0/s1. The molecular formula is C31H32Cl4N2O2S. The minimum Gasteiger partial charge on any atom is -0.352 e. The Morgan fingerprint density at radius 1 is 0.850 bits per heavy atom. The van der Waals surface area contributed by atoms with Crippen molar-refractivity contribution in [3.05, 3.63) is 104 Å². The fourth-order valence-corrected chi connectivity index (χ4v) is 6.69. The Kier molecular flexibility index (Phi) is 11.9. The van der Waals surface area contributed by atoms with E-state index < -0.39 is 6.04 Å². The van der Waals surface area contributed by atoms with E-state index in [1.807, 2.05) is 42.5 Å². The van der Waals surface area contributed by atoms with Crippen LogP contribution in [0.2, 0.25) is 20.1 Å². The highest BCUT2D eigenvalue weighted by Crippen LogP contribution is 2.27. The third-order valence-electron chi connectivity index (χ3n) is 7.06. The largest absolute Gasteiger partial charge is 0.352 e. The number of hydrogen-bond acceptors (Lipinski definition) is 3. The highest BCUT2D eigenvalue weighted by molar-refractivity contribution is 7.99. The van der Waals surface area contributed by atoms with Crippen LogP contribution in [0.3, 0.4) is 0 Å². The molecular weight excluding hydrogens is 606 g/mol. The van der Waals surface area contributed by atoms with E-state index in [1.54, 1.807) is 29.2 Å². The fourth-order valence-electron chi connectivity index (χ4n) is 4.90. The zero-order valence-electron chi connectivity index (χ0n) is 22.1. The lowest BCUT2D eigenvalue weighted by Crippen LogP contribution is -2.53. The molecule has 4 nitrogen and oxygen atoms in total. The molecule has 40 heavy (non-hydrogen) atoms. The van der Waals surface area contributed by atoms with E-state index in [1.165, 1.54) is 18.2 Å². The SMILES string of the molecule is O=C(NC1CCCCC1)[C@H](Cc1ccccc1)N(Cc1ccc(Cl)c(Cl)c1)C(=O)CSCc1ccc(Cl)cc1Cl. The molecule has 1 N–H and O–H groups in total. The second-order valence-electron chi connectivity index (χ2n) is 10.0. The van der Waals surface area contributed by atoms with Crippen LogP contribution in [0.15, 0.2) is 66.7 Å². The van der Waals surface area contributed by atoms with Crippen molar-refractivity contribution >= 4 is 70.0 Å². The monoisotopic (exact) mass is 636 g/mol. The van der Waals surface area contributed by atoms with Gasteiger partial charge in [0, 0.05) is 34.8 Å². The first-order valence-corrected chi connectivity index (χ1v) is 16.1. The number of thioether (sulfide) groups is 1. The van der Waals surface area contributed by atoms with Gasteiger partial charge in [0.15, 0.2) is 0 Å². The van der Waals surface area contributed by atoms with Gasteiger partial charge in [-0.2, -0.15) is 0 Å². The van der Waals surface area contributed by atoms with Crippen molar-refractivity contribution in [1.82, 2.24) is 10.2 Å². The van der Waals surface area contributed by atoms with E-state index in [2.05, 4.69) is 5.32 Å². The molecule has 0 bridgehead atoms. The van der Waals surface area contributed by atoms with Gasteiger partial charge in [-0.05, 0) is 53.8 Å². The minimum atomic E-state index is -0.689. The Morgan fingerprint density at radius 3 is 2.30 bits per heavy atom. The van der Waals surface area contributed by atoms with Gasteiger partial charge in [0.05, 0.1) is 15.8 Å². The summed E-state index contributed by atoms with van der Waals surface area (Å²) in [5.74, 6) is 0.457. The summed E-state index contributed by atoms with van der Waals surface area (Å²) in [7, 11) is 0. The van der Waals surface area contributed by atoms with Gasteiger partial charge < -0.3 is 10.2 Å². The first kappa shape index (κ1) is 31.1. The second kappa shape index (κ2) is 15.4. The first-order valence-electron chi connectivity index (χ1n) is 13.4. The summed E-state index contributed by atoms with van der Waals surface area (Å²) in [6, 6.07) is 19.9. The smallest absolute Gasteiger partial charge is 0.243 e. The molecule has 0 unspecified atom stereocenters. The number of hydrogen-bond donors (Lipinski definition) is 1.